The van der Waals surface area contributed by atoms with Crippen molar-refractivity contribution in [2.45, 2.75) is 32.7 Å². The largest absolute Gasteiger partial charge is 0.361 e. The summed E-state index contributed by atoms with van der Waals surface area (Å²) in [6, 6.07) is 1.79. The van der Waals surface area contributed by atoms with Gasteiger partial charge in [-0.05, 0) is 26.8 Å². The third-order valence-electron chi connectivity index (χ3n) is 3.43. The van der Waals surface area contributed by atoms with Gasteiger partial charge in [0.1, 0.15) is 17.1 Å². The van der Waals surface area contributed by atoms with Gasteiger partial charge in [0, 0.05) is 11.8 Å². The second-order valence-corrected chi connectivity index (χ2v) is 6.06. The van der Waals surface area contributed by atoms with Crippen LogP contribution in [0.15, 0.2) is 16.8 Å². The quantitative estimate of drug-likeness (QED) is 0.682. The highest BCUT2D eigenvalue weighted by molar-refractivity contribution is 6.31. The van der Waals surface area contributed by atoms with Crippen LogP contribution in [-0.2, 0) is 6.54 Å². The van der Waals surface area contributed by atoms with E-state index in [1.54, 1.807) is 12.3 Å². The first-order valence-corrected chi connectivity index (χ1v) is 7.36. The zero-order chi connectivity index (χ0) is 15.1. The Morgan fingerprint density at radius 1 is 1.38 bits per heavy atom. The molecule has 0 aliphatic heterocycles. The Morgan fingerprint density at radius 2 is 2.14 bits per heavy atom. The average Bonchev–Trinajstić information content (AvgIpc) is 2.94. The maximum absolute atomic E-state index is 6.26. The number of rotatable bonds is 3. The highest BCUT2D eigenvalue weighted by atomic mass is 35.5. The molecule has 0 bridgehead atoms. The van der Waals surface area contributed by atoms with Gasteiger partial charge in [-0.3, -0.25) is 0 Å². The number of nitrogens with zero attached hydrogens (tertiary/aromatic N) is 4. The molecule has 1 unspecified atom stereocenters. The Balaban J connectivity index is 2.18. The van der Waals surface area contributed by atoms with E-state index in [2.05, 4.69) is 15.1 Å². The molecule has 0 N–H and O–H groups in total. The van der Waals surface area contributed by atoms with Crippen LogP contribution in [0.5, 0.6) is 0 Å². The van der Waals surface area contributed by atoms with Crippen molar-refractivity contribution in [3.05, 3.63) is 40.1 Å². The predicted octanol–water partition coefficient (Wildman–Crippen LogP) is 4.04. The molecule has 110 valence electrons. The molecule has 0 spiro atoms. The number of hydrogen-bond acceptors (Lipinski definition) is 4. The predicted molar refractivity (Wildman–Crippen MR) is 81.9 cm³/mol. The van der Waals surface area contributed by atoms with Gasteiger partial charge in [0.25, 0.3) is 0 Å². The summed E-state index contributed by atoms with van der Waals surface area (Å²) in [5.41, 5.74) is 3.36. The van der Waals surface area contributed by atoms with E-state index in [0.717, 1.165) is 34.0 Å². The van der Waals surface area contributed by atoms with Crippen molar-refractivity contribution in [1.82, 2.24) is 19.7 Å². The minimum atomic E-state index is -0.238. The summed E-state index contributed by atoms with van der Waals surface area (Å²) in [7, 11) is 0. The van der Waals surface area contributed by atoms with E-state index in [9.17, 15) is 0 Å². The van der Waals surface area contributed by atoms with Crippen LogP contribution in [0, 0.1) is 13.8 Å². The van der Waals surface area contributed by atoms with Crippen molar-refractivity contribution in [3.63, 3.8) is 0 Å². The number of fused-ring (bicyclic) bond motifs is 1. The van der Waals surface area contributed by atoms with E-state index in [4.69, 9.17) is 27.7 Å². The molecule has 1 atom stereocenters. The van der Waals surface area contributed by atoms with Gasteiger partial charge in [-0.1, -0.05) is 16.8 Å². The van der Waals surface area contributed by atoms with Gasteiger partial charge in [0.2, 0.25) is 0 Å². The standard InChI is InChI=1S/C14H14Cl2N4O/c1-7(15)13-18-12-4-10(16)5-17-14(12)20(13)6-11-8(2)19-21-9(11)3/h4-5,7H,6H2,1-3H3. The van der Waals surface area contributed by atoms with Gasteiger partial charge >= 0.3 is 0 Å². The lowest BCUT2D eigenvalue weighted by molar-refractivity contribution is 0.392. The topological polar surface area (TPSA) is 56.7 Å². The summed E-state index contributed by atoms with van der Waals surface area (Å²) < 4.78 is 7.20. The molecule has 0 aromatic carbocycles. The molecule has 3 heterocycles. The Kier molecular flexibility index (Phi) is 3.63. The zero-order valence-corrected chi connectivity index (χ0v) is 13.4. The maximum Gasteiger partial charge on any atom is 0.160 e. The third-order valence-corrected chi connectivity index (χ3v) is 3.84. The van der Waals surface area contributed by atoms with Gasteiger partial charge in [-0.25, -0.2) is 9.97 Å². The average molecular weight is 325 g/mol. The Bertz CT molecular complexity index is 787. The van der Waals surface area contributed by atoms with E-state index >= 15 is 0 Å². The van der Waals surface area contributed by atoms with Gasteiger partial charge < -0.3 is 9.09 Å². The number of aryl methyl sites for hydroxylation is 2. The smallest absolute Gasteiger partial charge is 0.160 e. The molecule has 3 aromatic rings. The summed E-state index contributed by atoms with van der Waals surface area (Å²) in [6.07, 6.45) is 1.61. The van der Waals surface area contributed by atoms with Crippen LogP contribution in [0.4, 0.5) is 0 Å². The van der Waals surface area contributed by atoms with Crippen molar-refractivity contribution in [1.29, 1.82) is 0 Å². The molecule has 0 aliphatic rings. The SMILES string of the molecule is Cc1noc(C)c1Cn1c(C(C)Cl)nc2cc(Cl)cnc21. The van der Waals surface area contributed by atoms with Gasteiger partial charge in [0.05, 0.1) is 22.6 Å². The van der Waals surface area contributed by atoms with Crippen molar-refractivity contribution in [3.8, 4) is 0 Å². The lowest BCUT2D eigenvalue weighted by Gasteiger charge is -2.09. The van der Waals surface area contributed by atoms with E-state index < -0.39 is 0 Å². The second kappa shape index (κ2) is 5.31. The molecule has 0 fully saturated rings. The maximum atomic E-state index is 6.26. The Hall–Kier alpha value is -1.59. The molecule has 0 radical (unpaired) electrons. The van der Waals surface area contributed by atoms with Crippen molar-refractivity contribution in [2.75, 3.05) is 0 Å². The summed E-state index contributed by atoms with van der Waals surface area (Å²) in [4.78, 5) is 8.93. The van der Waals surface area contributed by atoms with Crippen LogP contribution in [0.1, 0.15) is 35.1 Å². The second-order valence-electron chi connectivity index (χ2n) is 4.97. The summed E-state index contributed by atoms with van der Waals surface area (Å²) in [5.74, 6) is 1.54. The fraction of sp³-hybridized carbons (Fsp3) is 0.357. The minimum absolute atomic E-state index is 0.238. The van der Waals surface area contributed by atoms with Crippen molar-refractivity contribution in [2.24, 2.45) is 0 Å². The monoisotopic (exact) mass is 324 g/mol. The minimum Gasteiger partial charge on any atom is -0.361 e. The highest BCUT2D eigenvalue weighted by Crippen LogP contribution is 2.27. The number of alkyl halides is 1. The molecular formula is C14H14Cl2N4O. The van der Waals surface area contributed by atoms with E-state index in [-0.39, 0.29) is 5.38 Å². The molecular weight excluding hydrogens is 311 g/mol. The van der Waals surface area contributed by atoms with Crippen LogP contribution in [0.2, 0.25) is 5.02 Å². The number of pyridine rings is 1. The van der Waals surface area contributed by atoms with Crippen molar-refractivity contribution < 1.29 is 4.52 Å². The first-order chi connectivity index (χ1) is 9.97. The molecule has 0 saturated carbocycles. The van der Waals surface area contributed by atoms with E-state index in [1.807, 2.05) is 25.3 Å². The fourth-order valence-corrected chi connectivity index (χ4v) is 2.67. The molecule has 0 amide bonds. The van der Waals surface area contributed by atoms with Gasteiger partial charge in [-0.2, -0.15) is 0 Å². The Labute approximate surface area is 131 Å². The normalized spacial score (nSPS) is 13.0. The van der Waals surface area contributed by atoms with E-state index in [1.165, 1.54) is 0 Å². The van der Waals surface area contributed by atoms with Crippen LogP contribution < -0.4 is 0 Å². The number of imidazole rings is 1. The first-order valence-electron chi connectivity index (χ1n) is 6.55. The zero-order valence-electron chi connectivity index (χ0n) is 11.9. The van der Waals surface area contributed by atoms with Gasteiger partial charge in [-0.15, -0.1) is 11.6 Å². The number of aromatic nitrogens is 4. The number of hydrogen-bond donors (Lipinski definition) is 0. The molecule has 0 aliphatic carbocycles. The van der Waals surface area contributed by atoms with Crippen LogP contribution in [-0.4, -0.2) is 19.7 Å². The summed E-state index contributed by atoms with van der Waals surface area (Å²) in [5, 5.41) is 4.30. The Morgan fingerprint density at radius 3 is 2.76 bits per heavy atom. The lowest BCUT2D eigenvalue weighted by atomic mass is 10.2. The lowest BCUT2D eigenvalue weighted by Crippen LogP contribution is -2.07. The molecule has 21 heavy (non-hydrogen) atoms. The molecule has 5 nitrogen and oxygen atoms in total. The fourth-order valence-electron chi connectivity index (χ4n) is 2.35. The third kappa shape index (κ3) is 2.51. The van der Waals surface area contributed by atoms with Gasteiger partial charge in [0.15, 0.2) is 5.65 Å². The summed E-state index contributed by atoms with van der Waals surface area (Å²) in [6.45, 7) is 6.26. The summed E-state index contributed by atoms with van der Waals surface area (Å²) >= 11 is 12.2. The first kappa shape index (κ1) is 14.4. The van der Waals surface area contributed by atoms with E-state index in [0.29, 0.717) is 11.6 Å². The molecule has 7 heteroatoms. The molecule has 3 rings (SSSR count). The van der Waals surface area contributed by atoms with Crippen LogP contribution >= 0.6 is 23.2 Å². The van der Waals surface area contributed by atoms with Crippen molar-refractivity contribution >= 4 is 34.4 Å². The van der Waals surface area contributed by atoms with Crippen LogP contribution in [0.3, 0.4) is 0 Å². The molecule has 3 aromatic heterocycles. The number of halogens is 2. The van der Waals surface area contributed by atoms with Crippen LogP contribution in [0.25, 0.3) is 11.2 Å². The molecule has 0 saturated heterocycles. The highest BCUT2D eigenvalue weighted by Gasteiger charge is 2.19.